The van der Waals surface area contributed by atoms with Crippen molar-refractivity contribution in [3.63, 3.8) is 0 Å². The molecule has 4 heterocycles. The Bertz CT molecular complexity index is 1240. The fourth-order valence-electron chi connectivity index (χ4n) is 4.12. The third kappa shape index (κ3) is 3.43. The summed E-state index contributed by atoms with van der Waals surface area (Å²) < 4.78 is 59.4. The number of hydrogen-bond acceptors (Lipinski definition) is 4. The lowest BCUT2D eigenvalue weighted by Crippen LogP contribution is -2.38. The van der Waals surface area contributed by atoms with Crippen LogP contribution in [0.2, 0.25) is 0 Å². The Labute approximate surface area is 179 Å². The first-order chi connectivity index (χ1) is 15.2. The van der Waals surface area contributed by atoms with Crippen molar-refractivity contribution in [2.24, 2.45) is 0 Å². The number of nitrogens with zero attached hydrogens (tertiary/aromatic N) is 4. The molecule has 2 aromatic heterocycles. The second-order valence-electron chi connectivity index (χ2n) is 7.84. The number of nitrogens with one attached hydrogen (secondary N) is 1. The van der Waals surface area contributed by atoms with Crippen molar-refractivity contribution in [2.45, 2.75) is 32.1 Å². The highest BCUT2D eigenvalue weighted by Gasteiger charge is 2.35. The first-order valence-corrected chi connectivity index (χ1v) is 9.82. The molecule has 2 aliphatic heterocycles. The quantitative estimate of drug-likeness (QED) is 0.443. The van der Waals surface area contributed by atoms with Crippen LogP contribution in [0.3, 0.4) is 0 Å². The van der Waals surface area contributed by atoms with Gasteiger partial charge in [-0.05, 0) is 18.2 Å². The molecule has 166 valence electrons. The first-order valence-electron chi connectivity index (χ1n) is 9.82. The predicted molar refractivity (Wildman–Crippen MR) is 105 cm³/mol. The highest BCUT2D eigenvalue weighted by molar-refractivity contribution is 5.89. The number of allylic oxidation sites excluding steroid dienone is 1. The third-order valence-corrected chi connectivity index (χ3v) is 5.59. The summed E-state index contributed by atoms with van der Waals surface area (Å²) in [6, 6.07) is 1.77. The van der Waals surface area contributed by atoms with Crippen molar-refractivity contribution >= 4 is 11.7 Å². The Morgan fingerprint density at radius 1 is 1.25 bits per heavy atom. The number of hydrogen-bond donors (Lipinski definition) is 1. The molecule has 0 bridgehead atoms. The van der Waals surface area contributed by atoms with E-state index in [1.165, 1.54) is 4.90 Å². The minimum Gasteiger partial charge on any atom is -0.364 e. The molecule has 2 aliphatic rings. The van der Waals surface area contributed by atoms with Crippen LogP contribution in [-0.2, 0) is 32.1 Å². The van der Waals surface area contributed by atoms with Crippen LogP contribution in [0, 0.1) is 5.82 Å². The number of rotatable bonds is 1. The number of aromatic nitrogens is 3. The molecule has 32 heavy (non-hydrogen) atoms. The molecule has 0 unspecified atom stereocenters. The number of carbonyl (C=O) groups excluding carboxylic acids is 1. The van der Waals surface area contributed by atoms with Crippen LogP contribution in [0.1, 0.15) is 22.4 Å². The molecular weight excluding hydrogens is 430 g/mol. The first kappa shape index (κ1) is 20.3. The molecule has 1 N–H and O–H groups in total. The summed E-state index contributed by atoms with van der Waals surface area (Å²) >= 11 is 0. The van der Waals surface area contributed by atoms with Crippen LogP contribution >= 0.6 is 0 Å². The highest BCUT2D eigenvalue weighted by Crippen LogP contribution is 2.36. The van der Waals surface area contributed by atoms with Crippen LogP contribution in [0.25, 0.3) is 11.4 Å². The normalized spacial score (nSPS) is 15.6. The van der Waals surface area contributed by atoms with E-state index < -0.39 is 23.6 Å². The van der Waals surface area contributed by atoms with E-state index in [0.29, 0.717) is 43.8 Å². The predicted octanol–water partition coefficient (Wildman–Crippen LogP) is 4.40. The fourth-order valence-corrected chi connectivity index (χ4v) is 4.12. The fraction of sp³-hybridized carbons (Fsp3) is 0.286. The number of fused-ring (bicyclic) bond motifs is 5. The van der Waals surface area contributed by atoms with Gasteiger partial charge in [0.05, 0.1) is 30.0 Å². The Hall–Kier alpha value is -3.63. The topological polar surface area (TPSA) is 76.2 Å². The molecule has 0 saturated carbocycles. The van der Waals surface area contributed by atoms with Crippen LogP contribution < -0.4 is 5.32 Å². The Kier molecular flexibility index (Phi) is 4.57. The van der Waals surface area contributed by atoms with Gasteiger partial charge in [-0.3, -0.25) is 4.68 Å². The monoisotopic (exact) mass is 447 g/mol. The minimum absolute atomic E-state index is 0.140. The maximum absolute atomic E-state index is 13.5. The lowest BCUT2D eigenvalue weighted by atomic mass is 10.0. The van der Waals surface area contributed by atoms with E-state index in [2.05, 4.69) is 22.2 Å². The number of alkyl halides is 3. The zero-order valence-corrected chi connectivity index (χ0v) is 16.7. The maximum Gasteiger partial charge on any atom is 0.419 e. The average molecular weight is 447 g/mol. The largest absolute Gasteiger partial charge is 0.419 e. The van der Waals surface area contributed by atoms with Crippen molar-refractivity contribution in [3.8, 4) is 11.4 Å². The van der Waals surface area contributed by atoms with E-state index in [4.69, 9.17) is 4.52 Å². The summed E-state index contributed by atoms with van der Waals surface area (Å²) in [7, 11) is 0. The standard InChI is InChI=1S/C21H17F4N5O2/c1-11-6-12-10-32-28-18(12)19-14-9-29(5-4-17(14)27-30(19)8-11)20(31)26-13-2-3-16(22)15(7-13)21(23,24)25/h2-3,7,10H,1,4-6,8-9H2,(H,26,31). The molecule has 11 heteroatoms. The van der Waals surface area contributed by atoms with E-state index in [0.717, 1.165) is 34.2 Å². The molecule has 7 nitrogen and oxygen atoms in total. The number of anilines is 1. The van der Waals surface area contributed by atoms with E-state index in [9.17, 15) is 22.4 Å². The van der Waals surface area contributed by atoms with Crippen molar-refractivity contribution in [3.05, 3.63) is 64.8 Å². The van der Waals surface area contributed by atoms with Gasteiger partial charge in [0.2, 0.25) is 0 Å². The van der Waals surface area contributed by atoms with Gasteiger partial charge in [-0.15, -0.1) is 0 Å². The summed E-state index contributed by atoms with van der Waals surface area (Å²) in [6.45, 7) is 5.11. The summed E-state index contributed by atoms with van der Waals surface area (Å²) in [4.78, 5) is 14.3. The van der Waals surface area contributed by atoms with E-state index in [-0.39, 0.29) is 12.2 Å². The minimum atomic E-state index is -4.86. The number of carbonyl (C=O) groups is 1. The van der Waals surface area contributed by atoms with Gasteiger partial charge in [0.1, 0.15) is 17.8 Å². The summed E-state index contributed by atoms with van der Waals surface area (Å²) in [5.41, 5.74) is 3.29. The average Bonchev–Trinajstić information content (AvgIpc) is 3.28. The smallest absolute Gasteiger partial charge is 0.364 e. The Morgan fingerprint density at radius 2 is 2.06 bits per heavy atom. The Balaban J connectivity index is 1.42. The number of amides is 2. The van der Waals surface area contributed by atoms with E-state index in [1.54, 1.807) is 10.9 Å². The summed E-state index contributed by atoms with van der Waals surface area (Å²) in [5.74, 6) is -1.40. The van der Waals surface area contributed by atoms with Crippen molar-refractivity contribution < 1.29 is 26.9 Å². The molecule has 0 fully saturated rings. The lowest BCUT2D eigenvalue weighted by molar-refractivity contribution is -0.139. The van der Waals surface area contributed by atoms with Gasteiger partial charge < -0.3 is 14.7 Å². The number of urea groups is 1. The molecule has 3 aromatic rings. The molecule has 5 rings (SSSR count). The molecule has 0 spiro atoms. The van der Waals surface area contributed by atoms with E-state index in [1.807, 2.05) is 0 Å². The van der Waals surface area contributed by atoms with Crippen LogP contribution in [0.5, 0.6) is 0 Å². The van der Waals surface area contributed by atoms with Gasteiger partial charge in [0.15, 0.2) is 0 Å². The van der Waals surface area contributed by atoms with Gasteiger partial charge in [-0.1, -0.05) is 17.3 Å². The van der Waals surface area contributed by atoms with Crippen molar-refractivity contribution in [1.29, 1.82) is 0 Å². The molecule has 0 atom stereocenters. The molecule has 1 aromatic carbocycles. The molecule has 0 saturated heterocycles. The van der Waals surface area contributed by atoms with E-state index >= 15 is 0 Å². The second kappa shape index (κ2) is 7.21. The van der Waals surface area contributed by atoms with Gasteiger partial charge in [-0.25, -0.2) is 9.18 Å². The summed E-state index contributed by atoms with van der Waals surface area (Å²) in [6.07, 6.45) is -2.22. The van der Waals surface area contributed by atoms with Crippen molar-refractivity contribution in [2.75, 3.05) is 11.9 Å². The molecule has 0 aliphatic carbocycles. The molecular formula is C21H17F4N5O2. The zero-order valence-electron chi connectivity index (χ0n) is 16.7. The van der Waals surface area contributed by atoms with Crippen LogP contribution in [0.4, 0.5) is 28.0 Å². The van der Waals surface area contributed by atoms with Gasteiger partial charge in [0.25, 0.3) is 0 Å². The van der Waals surface area contributed by atoms with Gasteiger partial charge in [-0.2, -0.15) is 18.3 Å². The maximum atomic E-state index is 13.5. The van der Waals surface area contributed by atoms with Gasteiger partial charge in [0, 0.05) is 36.2 Å². The zero-order chi connectivity index (χ0) is 22.6. The SMILES string of the molecule is C=C1Cc2conc2-c2c3c(nn2C1)CCN(C(=O)Nc1ccc(F)c(C(F)(F)F)c1)C3. The lowest BCUT2D eigenvalue weighted by Gasteiger charge is -2.27. The van der Waals surface area contributed by atoms with Crippen molar-refractivity contribution in [1.82, 2.24) is 19.8 Å². The third-order valence-electron chi connectivity index (χ3n) is 5.59. The Morgan fingerprint density at radius 3 is 2.84 bits per heavy atom. The highest BCUT2D eigenvalue weighted by atomic mass is 19.4. The summed E-state index contributed by atoms with van der Waals surface area (Å²) in [5, 5.41) is 11.2. The molecule has 0 radical (unpaired) electrons. The number of benzene rings is 1. The molecule has 2 amide bonds. The van der Waals surface area contributed by atoms with Crippen LogP contribution in [0.15, 0.2) is 41.1 Å². The second-order valence-corrected chi connectivity index (χ2v) is 7.84. The number of halogens is 4. The van der Waals surface area contributed by atoms with Crippen LogP contribution in [-0.4, -0.2) is 32.4 Å². The van der Waals surface area contributed by atoms with Gasteiger partial charge >= 0.3 is 12.2 Å².